The Labute approximate surface area is 153 Å². The molecular weight excluding hydrogens is 363 g/mol. The third-order valence-electron chi connectivity index (χ3n) is 3.58. The van der Waals surface area contributed by atoms with Gasteiger partial charge >= 0.3 is 0 Å². The molecule has 1 amide bonds. The van der Waals surface area contributed by atoms with E-state index in [0.717, 1.165) is 0 Å². The zero-order valence-corrected chi connectivity index (χ0v) is 14.6. The lowest BCUT2D eigenvalue weighted by Gasteiger charge is -2.12. The number of hydrogen-bond donors (Lipinski definition) is 1. The van der Waals surface area contributed by atoms with Gasteiger partial charge in [-0.2, -0.15) is 0 Å². The van der Waals surface area contributed by atoms with Crippen LogP contribution in [0.1, 0.15) is 10.6 Å². The molecule has 6 nitrogen and oxygen atoms in total. The van der Waals surface area contributed by atoms with Crippen molar-refractivity contribution in [2.75, 3.05) is 19.5 Å². The van der Waals surface area contributed by atoms with Crippen molar-refractivity contribution in [3.63, 3.8) is 0 Å². The predicted molar refractivity (Wildman–Crippen MR) is 94.4 cm³/mol. The molecule has 0 aliphatic carbocycles. The third-order valence-corrected chi connectivity index (χ3v) is 3.87. The molecule has 1 aromatic heterocycles. The van der Waals surface area contributed by atoms with Crippen LogP contribution in [0.25, 0.3) is 11.3 Å². The van der Waals surface area contributed by atoms with Gasteiger partial charge in [0.2, 0.25) is 5.76 Å². The van der Waals surface area contributed by atoms with Crippen molar-refractivity contribution in [2.24, 2.45) is 0 Å². The van der Waals surface area contributed by atoms with Gasteiger partial charge < -0.3 is 19.3 Å². The molecule has 3 aromatic rings. The van der Waals surface area contributed by atoms with Gasteiger partial charge in [0.25, 0.3) is 5.91 Å². The van der Waals surface area contributed by atoms with Crippen LogP contribution in [0.15, 0.2) is 47.0 Å². The molecular formula is C18H14ClFN2O4. The number of anilines is 1. The summed E-state index contributed by atoms with van der Waals surface area (Å²) in [6.45, 7) is 0. The number of carbonyl (C=O) groups excluding carboxylic acids is 1. The minimum atomic E-state index is -0.553. The summed E-state index contributed by atoms with van der Waals surface area (Å²) in [5.74, 6) is -0.271. The van der Waals surface area contributed by atoms with Crippen molar-refractivity contribution in [1.82, 2.24) is 5.16 Å². The SMILES string of the molecule is COc1cc(NC(=O)c2cc(-c3cccc(F)c3)no2)c(OC)cc1Cl. The molecule has 26 heavy (non-hydrogen) atoms. The fourth-order valence-electron chi connectivity index (χ4n) is 2.31. The molecule has 0 fully saturated rings. The van der Waals surface area contributed by atoms with Crippen LogP contribution in [0.2, 0.25) is 5.02 Å². The minimum absolute atomic E-state index is 0.0415. The first-order valence-electron chi connectivity index (χ1n) is 7.47. The zero-order valence-electron chi connectivity index (χ0n) is 13.9. The van der Waals surface area contributed by atoms with Crippen LogP contribution in [-0.2, 0) is 0 Å². The standard InChI is InChI=1S/C18H14ClFN2O4/c1-24-15-9-14(16(25-2)7-12(15)19)21-18(23)17-8-13(22-26-17)10-4-3-5-11(20)6-10/h3-9H,1-2H3,(H,21,23). The number of aromatic nitrogens is 1. The fourth-order valence-corrected chi connectivity index (χ4v) is 2.54. The molecule has 1 N–H and O–H groups in total. The van der Waals surface area contributed by atoms with Crippen LogP contribution in [0.4, 0.5) is 10.1 Å². The second kappa shape index (κ2) is 7.45. The second-order valence-electron chi connectivity index (χ2n) is 5.23. The summed E-state index contributed by atoms with van der Waals surface area (Å²) in [5.41, 5.74) is 1.19. The quantitative estimate of drug-likeness (QED) is 0.714. The lowest BCUT2D eigenvalue weighted by Crippen LogP contribution is -2.12. The number of halogens is 2. The Bertz CT molecular complexity index is 958. The number of benzene rings is 2. The van der Waals surface area contributed by atoms with E-state index in [2.05, 4.69) is 10.5 Å². The Balaban J connectivity index is 1.85. The van der Waals surface area contributed by atoms with Gasteiger partial charge in [-0.3, -0.25) is 4.79 Å². The van der Waals surface area contributed by atoms with Crippen LogP contribution in [0.5, 0.6) is 11.5 Å². The number of hydrogen-bond acceptors (Lipinski definition) is 5. The average molecular weight is 377 g/mol. The molecule has 8 heteroatoms. The maximum atomic E-state index is 13.3. The summed E-state index contributed by atoms with van der Waals surface area (Å²) < 4.78 is 28.7. The molecule has 134 valence electrons. The highest BCUT2D eigenvalue weighted by atomic mass is 35.5. The van der Waals surface area contributed by atoms with Gasteiger partial charge in [-0.1, -0.05) is 28.9 Å². The van der Waals surface area contributed by atoms with Crippen molar-refractivity contribution in [3.05, 3.63) is 59.1 Å². The summed E-state index contributed by atoms with van der Waals surface area (Å²) in [7, 11) is 2.91. The van der Waals surface area contributed by atoms with Gasteiger partial charge in [0, 0.05) is 23.8 Å². The molecule has 0 spiro atoms. The van der Waals surface area contributed by atoms with E-state index in [9.17, 15) is 9.18 Å². The van der Waals surface area contributed by atoms with E-state index in [0.29, 0.717) is 33.5 Å². The summed E-state index contributed by atoms with van der Waals surface area (Å²) in [6, 6.07) is 10.3. The monoisotopic (exact) mass is 376 g/mol. The van der Waals surface area contributed by atoms with Crippen LogP contribution in [-0.4, -0.2) is 25.3 Å². The largest absolute Gasteiger partial charge is 0.495 e. The summed E-state index contributed by atoms with van der Waals surface area (Å²) in [6.07, 6.45) is 0. The lowest BCUT2D eigenvalue weighted by molar-refractivity contribution is 0.0987. The third kappa shape index (κ3) is 3.62. The van der Waals surface area contributed by atoms with E-state index in [-0.39, 0.29) is 5.76 Å². The molecule has 3 rings (SSSR count). The fraction of sp³-hybridized carbons (Fsp3) is 0.111. The van der Waals surface area contributed by atoms with E-state index in [1.807, 2.05) is 0 Å². The Hall–Kier alpha value is -3.06. The zero-order chi connectivity index (χ0) is 18.7. The summed E-state index contributed by atoms with van der Waals surface area (Å²) in [4.78, 5) is 12.4. The number of nitrogens with zero attached hydrogens (tertiary/aromatic N) is 1. The maximum Gasteiger partial charge on any atom is 0.294 e. The van der Waals surface area contributed by atoms with Gasteiger partial charge in [0.15, 0.2) is 0 Å². The van der Waals surface area contributed by atoms with Crippen LogP contribution < -0.4 is 14.8 Å². The molecule has 0 atom stereocenters. The van der Waals surface area contributed by atoms with Crippen LogP contribution in [0, 0.1) is 5.82 Å². The molecule has 2 aromatic carbocycles. The average Bonchev–Trinajstić information content (AvgIpc) is 3.13. The van der Waals surface area contributed by atoms with Gasteiger partial charge in [0.1, 0.15) is 23.0 Å². The highest BCUT2D eigenvalue weighted by molar-refractivity contribution is 6.32. The van der Waals surface area contributed by atoms with E-state index >= 15 is 0 Å². The molecule has 0 aliphatic rings. The smallest absolute Gasteiger partial charge is 0.294 e. The van der Waals surface area contributed by atoms with E-state index in [4.69, 9.17) is 25.6 Å². The Morgan fingerprint density at radius 2 is 1.92 bits per heavy atom. The maximum absolute atomic E-state index is 13.3. The molecule has 0 aliphatic heterocycles. The number of amides is 1. The van der Waals surface area contributed by atoms with Gasteiger partial charge in [-0.25, -0.2) is 4.39 Å². The first-order chi connectivity index (χ1) is 12.5. The molecule has 0 radical (unpaired) electrons. The Morgan fingerprint density at radius 1 is 1.15 bits per heavy atom. The topological polar surface area (TPSA) is 73.6 Å². The molecule has 0 saturated heterocycles. The summed E-state index contributed by atoms with van der Waals surface area (Å²) >= 11 is 6.04. The van der Waals surface area contributed by atoms with Crippen molar-refractivity contribution < 1.29 is 23.2 Å². The van der Waals surface area contributed by atoms with Crippen molar-refractivity contribution in [2.45, 2.75) is 0 Å². The van der Waals surface area contributed by atoms with Crippen molar-refractivity contribution in [1.29, 1.82) is 0 Å². The lowest BCUT2D eigenvalue weighted by atomic mass is 10.1. The van der Waals surface area contributed by atoms with Crippen LogP contribution in [0.3, 0.4) is 0 Å². The van der Waals surface area contributed by atoms with Gasteiger partial charge in [0.05, 0.1) is 24.9 Å². The molecule has 0 bridgehead atoms. The van der Waals surface area contributed by atoms with Gasteiger partial charge in [-0.15, -0.1) is 0 Å². The normalized spacial score (nSPS) is 10.5. The molecule has 0 unspecified atom stereocenters. The van der Waals surface area contributed by atoms with Crippen molar-refractivity contribution in [3.8, 4) is 22.8 Å². The van der Waals surface area contributed by atoms with E-state index in [1.165, 1.54) is 44.6 Å². The molecule has 1 heterocycles. The number of carbonyl (C=O) groups is 1. The van der Waals surface area contributed by atoms with Gasteiger partial charge in [-0.05, 0) is 12.1 Å². The number of ether oxygens (including phenoxy) is 2. The molecule has 0 saturated carbocycles. The number of nitrogens with one attached hydrogen (secondary N) is 1. The second-order valence-corrected chi connectivity index (χ2v) is 5.64. The van der Waals surface area contributed by atoms with E-state index in [1.54, 1.807) is 12.1 Å². The first kappa shape index (κ1) is 17.8. The highest BCUT2D eigenvalue weighted by Crippen LogP contribution is 2.36. The summed E-state index contributed by atoms with van der Waals surface area (Å²) in [5, 5.41) is 6.79. The Morgan fingerprint density at radius 3 is 2.62 bits per heavy atom. The van der Waals surface area contributed by atoms with Crippen LogP contribution >= 0.6 is 11.6 Å². The number of rotatable bonds is 5. The first-order valence-corrected chi connectivity index (χ1v) is 7.85. The minimum Gasteiger partial charge on any atom is -0.495 e. The highest BCUT2D eigenvalue weighted by Gasteiger charge is 2.18. The Kier molecular flexibility index (Phi) is 5.09. The van der Waals surface area contributed by atoms with E-state index < -0.39 is 11.7 Å². The van der Waals surface area contributed by atoms with Crippen molar-refractivity contribution >= 4 is 23.2 Å². The predicted octanol–water partition coefficient (Wildman–Crippen LogP) is 4.40. The number of methoxy groups -OCH3 is 2.